The maximum Gasteiger partial charge on any atom is 0.270 e. The molecule has 2 heterocycles. The number of rotatable bonds is 5. The maximum atomic E-state index is 12.2. The normalized spacial score (nSPS) is 14.0. The van der Waals surface area contributed by atoms with Crippen molar-refractivity contribution in [3.05, 3.63) is 39.9 Å². The number of nitro benzene ring substituents is 1. The fraction of sp³-hybridized carbons (Fsp3) is 0.389. The van der Waals surface area contributed by atoms with Crippen molar-refractivity contribution >= 4 is 28.3 Å². The zero-order valence-corrected chi connectivity index (χ0v) is 14.3. The Hall–Kier alpha value is -3.21. The van der Waals surface area contributed by atoms with Crippen LogP contribution < -0.4 is 5.32 Å². The summed E-state index contributed by atoms with van der Waals surface area (Å²) in [6.45, 7) is 2.07. The number of nitro groups is 1. The zero-order valence-electron chi connectivity index (χ0n) is 14.3. The molecule has 1 saturated heterocycles. The molecular formula is C18H19N5O3. The number of aromatic nitrogens is 1. The van der Waals surface area contributed by atoms with E-state index in [9.17, 15) is 20.2 Å². The van der Waals surface area contributed by atoms with Crippen molar-refractivity contribution in [3.63, 3.8) is 0 Å². The number of nitrogens with one attached hydrogen (secondary N) is 1. The van der Waals surface area contributed by atoms with E-state index < -0.39 is 4.92 Å². The monoisotopic (exact) mass is 353 g/mol. The highest BCUT2D eigenvalue weighted by molar-refractivity contribution is 5.88. The van der Waals surface area contributed by atoms with Crippen molar-refractivity contribution in [1.29, 1.82) is 5.26 Å². The largest absolute Gasteiger partial charge is 0.369 e. The second-order valence-electron chi connectivity index (χ2n) is 6.24. The number of pyridine rings is 1. The van der Waals surface area contributed by atoms with Gasteiger partial charge in [0, 0.05) is 43.6 Å². The van der Waals surface area contributed by atoms with E-state index in [1.54, 1.807) is 6.07 Å². The molecule has 1 fully saturated rings. The SMILES string of the molecule is N#Cc1cc(NCCC(=O)N2CCCCC2)nc2ccc([N+](=O)[O-])cc12. The van der Waals surface area contributed by atoms with Gasteiger partial charge in [-0.2, -0.15) is 5.26 Å². The molecule has 1 aliphatic rings. The number of hydrogen-bond acceptors (Lipinski definition) is 6. The minimum atomic E-state index is -0.501. The van der Waals surface area contributed by atoms with Crippen LogP contribution in [0.1, 0.15) is 31.2 Å². The number of anilines is 1. The summed E-state index contributed by atoms with van der Waals surface area (Å²) in [7, 11) is 0. The van der Waals surface area contributed by atoms with Crippen LogP contribution in [-0.2, 0) is 4.79 Å². The average molecular weight is 353 g/mol. The summed E-state index contributed by atoms with van der Waals surface area (Å²) >= 11 is 0. The van der Waals surface area contributed by atoms with E-state index in [-0.39, 0.29) is 11.6 Å². The third-order valence-electron chi connectivity index (χ3n) is 4.48. The lowest BCUT2D eigenvalue weighted by Gasteiger charge is -2.26. The number of non-ortho nitro benzene ring substituents is 1. The molecular weight excluding hydrogens is 334 g/mol. The Morgan fingerprint density at radius 2 is 2.08 bits per heavy atom. The Morgan fingerprint density at radius 3 is 2.77 bits per heavy atom. The number of fused-ring (bicyclic) bond motifs is 1. The van der Waals surface area contributed by atoms with E-state index in [0.29, 0.717) is 35.2 Å². The van der Waals surface area contributed by atoms with Crippen LogP contribution >= 0.6 is 0 Å². The van der Waals surface area contributed by atoms with Crippen LogP contribution in [0.15, 0.2) is 24.3 Å². The van der Waals surface area contributed by atoms with E-state index in [1.165, 1.54) is 24.6 Å². The summed E-state index contributed by atoms with van der Waals surface area (Å²) in [6.07, 6.45) is 3.66. The number of nitrogens with zero attached hydrogens (tertiary/aromatic N) is 4. The Bertz CT molecular complexity index is 884. The van der Waals surface area contributed by atoms with Crippen LogP contribution in [0.2, 0.25) is 0 Å². The highest BCUT2D eigenvalue weighted by Gasteiger charge is 2.16. The molecule has 8 nitrogen and oxygen atoms in total. The average Bonchev–Trinajstić information content (AvgIpc) is 2.67. The first-order valence-electron chi connectivity index (χ1n) is 8.59. The number of likely N-dealkylation sites (tertiary alicyclic amines) is 1. The van der Waals surface area contributed by atoms with Gasteiger partial charge in [-0.15, -0.1) is 0 Å². The highest BCUT2D eigenvalue weighted by atomic mass is 16.6. The molecule has 1 aromatic carbocycles. The first kappa shape index (κ1) is 17.6. The molecule has 26 heavy (non-hydrogen) atoms. The molecule has 2 aromatic rings. The second-order valence-corrected chi connectivity index (χ2v) is 6.24. The van der Waals surface area contributed by atoms with Gasteiger partial charge in [0.1, 0.15) is 5.82 Å². The van der Waals surface area contributed by atoms with E-state index in [1.807, 2.05) is 11.0 Å². The lowest BCUT2D eigenvalue weighted by molar-refractivity contribution is -0.384. The molecule has 0 unspecified atom stereocenters. The van der Waals surface area contributed by atoms with Gasteiger partial charge in [-0.1, -0.05) is 0 Å². The summed E-state index contributed by atoms with van der Waals surface area (Å²) in [6, 6.07) is 7.84. The van der Waals surface area contributed by atoms with Gasteiger partial charge in [0.15, 0.2) is 0 Å². The van der Waals surface area contributed by atoms with Crippen molar-refractivity contribution in [1.82, 2.24) is 9.88 Å². The van der Waals surface area contributed by atoms with Crippen molar-refractivity contribution in [2.75, 3.05) is 25.0 Å². The number of nitriles is 1. The minimum Gasteiger partial charge on any atom is -0.369 e. The van der Waals surface area contributed by atoms with Gasteiger partial charge in [-0.3, -0.25) is 14.9 Å². The first-order valence-corrected chi connectivity index (χ1v) is 8.59. The van der Waals surface area contributed by atoms with Crippen molar-refractivity contribution in [3.8, 4) is 6.07 Å². The lowest BCUT2D eigenvalue weighted by atomic mass is 10.1. The number of hydrogen-bond donors (Lipinski definition) is 1. The van der Waals surface area contributed by atoms with Crippen molar-refractivity contribution < 1.29 is 9.72 Å². The van der Waals surface area contributed by atoms with Gasteiger partial charge in [-0.05, 0) is 31.4 Å². The molecule has 1 N–H and O–H groups in total. The van der Waals surface area contributed by atoms with Crippen LogP contribution in [0.4, 0.5) is 11.5 Å². The summed E-state index contributed by atoms with van der Waals surface area (Å²) in [5.74, 6) is 0.600. The lowest BCUT2D eigenvalue weighted by Crippen LogP contribution is -2.36. The first-order chi connectivity index (χ1) is 12.6. The topological polar surface area (TPSA) is 112 Å². The van der Waals surface area contributed by atoms with Crippen LogP contribution in [0.5, 0.6) is 0 Å². The molecule has 1 aromatic heterocycles. The molecule has 8 heteroatoms. The third-order valence-corrected chi connectivity index (χ3v) is 4.48. The van der Waals surface area contributed by atoms with Crippen LogP contribution in [0.3, 0.4) is 0 Å². The van der Waals surface area contributed by atoms with Gasteiger partial charge in [0.25, 0.3) is 5.69 Å². The second kappa shape index (κ2) is 7.78. The quantitative estimate of drug-likeness (QED) is 0.653. The molecule has 0 spiro atoms. The van der Waals surface area contributed by atoms with Gasteiger partial charge in [0.2, 0.25) is 5.91 Å². The van der Waals surface area contributed by atoms with E-state index in [0.717, 1.165) is 25.9 Å². The molecule has 3 rings (SSSR count). The fourth-order valence-corrected chi connectivity index (χ4v) is 3.11. The van der Waals surface area contributed by atoms with Gasteiger partial charge in [-0.25, -0.2) is 4.98 Å². The Kier molecular flexibility index (Phi) is 5.27. The third kappa shape index (κ3) is 3.88. The standard InChI is InChI=1S/C18H19N5O3/c19-12-13-10-17(20-7-6-18(24)22-8-2-1-3-9-22)21-16-5-4-14(23(25)26)11-15(13)16/h4-5,10-11H,1-3,6-9H2,(H,20,21). The Balaban J connectivity index is 1.70. The summed E-state index contributed by atoms with van der Waals surface area (Å²) in [5, 5.41) is 23.8. The summed E-state index contributed by atoms with van der Waals surface area (Å²) in [5.41, 5.74) is 0.728. The number of carbonyl (C=O) groups excluding carboxylic acids is 1. The predicted molar refractivity (Wildman–Crippen MR) is 96.7 cm³/mol. The van der Waals surface area contributed by atoms with E-state index in [2.05, 4.69) is 10.3 Å². The van der Waals surface area contributed by atoms with Gasteiger partial charge in [0.05, 0.1) is 22.1 Å². The summed E-state index contributed by atoms with van der Waals surface area (Å²) < 4.78 is 0. The van der Waals surface area contributed by atoms with E-state index >= 15 is 0 Å². The smallest absolute Gasteiger partial charge is 0.270 e. The number of carbonyl (C=O) groups is 1. The van der Waals surface area contributed by atoms with Crippen molar-refractivity contribution in [2.24, 2.45) is 0 Å². The van der Waals surface area contributed by atoms with Crippen LogP contribution in [0.25, 0.3) is 10.9 Å². The van der Waals surface area contributed by atoms with Crippen molar-refractivity contribution in [2.45, 2.75) is 25.7 Å². The fourth-order valence-electron chi connectivity index (χ4n) is 3.11. The predicted octanol–water partition coefficient (Wildman–Crippen LogP) is 2.83. The number of piperidine rings is 1. The molecule has 0 aliphatic carbocycles. The Labute approximate surface area is 150 Å². The zero-order chi connectivity index (χ0) is 18.5. The number of amides is 1. The summed E-state index contributed by atoms with van der Waals surface area (Å²) in [4.78, 5) is 28.8. The van der Waals surface area contributed by atoms with Crippen LogP contribution in [-0.4, -0.2) is 40.3 Å². The van der Waals surface area contributed by atoms with Crippen LogP contribution in [0, 0.1) is 21.4 Å². The van der Waals surface area contributed by atoms with E-state index in [4.69, 9.17) is 0 Å². The Morgan fingerprint density at radius 1 is 1.31 bits per heavy atom. The molecule has 0 bridgehead atoms. The highest BCUT2D eigenvalue weighted by Crippen LogP contribution is 2.24. The molecule has 134 valence electrons. The maximum absolute atomic E-state index is 12.2. The molecule has 0 radical (unpaired) electrons. The van der Waals surface area contributed by atoms with Gasteiger partial charge >= 0.3 is 0 Å². The van der Waals surface area contributed by atoms with Gasteiger partial charge < -0.3 is 10.2 Å². The molecule has 0 saturated carbocycles. The minimum absolute atomic E-state index is 0.0800. The molecule has 0 atom stereocenters. The molecule has 1 amide bonds. The molecule has 1 aliphatic heterocycles. The number of benzene rings is 1.